The minimum atomic E-state index is -3.89. The Bertz CT molecular complexity index is 1370. The highest BCUT2D eigenvalue weighted by Gasteiger charge is 2.58. The van der Waals surface area contributed by atoms with Crippen molar-refractivity contribution < 1.29 is 22.4 Å². The number of hydrogen-bond donors (Lipinski definition) is 2. The average molecular weight is 540 g/mol. The number of sulfonamides is 1. The molecule has 2 aromatic rings. The van der Waals surface area contributed by atoms with E-state index < -0.39 is 15.4 Å². The highest BCUT2D eigenvalue weighted by atomic mass is 32.2. The smallest absolute Gasteiger partial charge is 0.243 e. The molecule has 0 spiro atoms. The van der Waals surface area contributed by atoms with E-state index >= 15 is 0 Å². The summed E-state index contributed by atoms with van der Waals surface area (Å²) < 4.78 is 42.1. The second-order valence-electron chi connectivity index (χ2n) is 12.0. The highest BCUT2D eigenvalue weighted by molar-refractivity contribution is 7.89. The van der Waals surface area contributed by atoms with Crippen molar-refractivity contribution in [2.24, 2.45) is 28.9 Å². The van der Waals surface area contributed by atoms with Crippen molar-refractivity contribution in [2.75, 3.05) is 6.54 Å². The lowest BCUT2D eigenvalue weighted by Gasteiger charge is -2.58. The average Bonchev–Trinajstić information content (AvgIpc) is 3.70. The Morgan fingerprint density at radius 2 is 1.71 bits per heavy atom. The van der Waals surface area contributed by atoms with Gasteiger partial charge in [0.25, 0.3) is 0 Å². The van der Waals surface area contributed by atoms with Crippen LogP contribution in [0.25, 0.3) is 11.1 Å². The van der Waals surface area contributed by atoms with Crippen molar-refractivity contribution in [1.29, 1.82) is 0 Å². The summed E-state index contributed by atoms with van der Waals surface area (Å²) in [5.74, 6) is 0.0809. The van der Waals surface area contributed by atoms with Crippen LogP contribution >= 0.6 is 0 Å². The molecule has 2 aromatic carbocycles. The second-order valence-corrected chi connectivity index (χ2v) is 13.9. The number of halogens is 1. The number of amides is 2. The van der Waals surface area contributed by atoms with Crippen molar-refractivity contribution in [2.45, 2.75) is 68.8 Å². The third-order valence-electron chi connectivity index (χ3n) is 9.34. The number of nitrogens with zero attached hydrogens (tertiary/aromatic N) is 1. The molecule has 2 atom stereocenters. The molecule has 202 valence electrons. The van der Waals surface area contributed by atoms with Gasteiger partial charge in [0, 0.05) is 17.5 Å². The van der Waals surface area contributed by atoms with Gasteiger partial charge in [-0.2, -0.15) is 4.31 Å². The van der Waals surface area contributed by atoms with Crippen LogP contribution < -0.4 is 11.1 Å². The van der Waals surface area contributed by atoms with Gasteiger partial charge >= 0.3 is 0 Å². The van der Waals surface area contributed by atoms with E-state index in [4.69, 9.17) is 5.73 Å². The molecule has 5 fully saturated rings. The lowest BCUT2D eigenvalue weighted by atomic mass is 9.47. The normalized spacial score (nSPS) is 30.0. The molecule has 4 bridgehead atoms. The first kappa shape index (κ1) is 25.5. The first-order valence-corrected chi connectivity index (χ1v) is 15.0. The van der Waals surface area contributed by atoms with Gasteiger partial charge < -0.3 is 11.1 Å². The summed E-state index contributed by atoms with van der Waals surface area (Å²) in [7, 11) is -3.89. The van der Waals surface area contributed by atoms with Crippen molar-refractivity contribution in [3.63, 3.8) is 0 Å². The largest absolute Gasteiger partial charge is 0.369 e. The fourth-order valence-corrected chi connectivity index (χ4v) is 9.32. The zero-order chi connectivity index (χ0) is 26.8. The van der Waals surface area contributed by atoms with Gasteiger partial charge in [0.1, 0.15) is 5.82 Å². The van der Waals surface area contributed by atoms with E-state index in [9.17, 15) is 22.4 Å². The number of carbonyl (C=O) groups excluding carboxylic acids is 2. The summed E-state index contributed by atoms with van der Waals surface area (Å²) in [6, 6.07) is 10.8. The lowest BCUT2D eigenvalue weighted by molar-refractivity contribution is -0.147. The maximum atomic E-state index is 13.7. The zero-order valence-corrected chi connectivity index (χ0v) is 22.3. The minimum Gasteiger partial charge on any atom is -0.369 e. The molecule has 7 nitrogen and oxygen atoms in total. The van der Waals surface area contributed by atoms with Crippen LogP contribution in [-0.4, -0.2) is 43.2 Å². The third-order valence-corrected chi connectivity index (χ3v) is 11.2. The fourth-order valence-electron chi connectivity index (χ4n) is 7.59. The third kappa shape index (κ3) is 4.43. The Balaban J connectivity index is 1.18. The first-order chi connectivity index (χ1) is 18.1. The summed E-state index contributed by atoms with van der Waals surface area (Å²) in [5, 5.41) is 3.17. The fraction of sp³-hybridized carbons (Fsp3) is 0.517. The number of nitrogens with two attached hydrogens (primary N) is 1. The van der Waals surface area contributed by atoms with Crippen LogP contribution in [0.3, 0.4) is 0 Å². The second kappa shape index (κ2) is 9.16. The van der Waals surface area contributed by atoms with Crippen LogP contribution in [0.4, 0.5) is 4.39 Å². The van der Waals surface area contributed by atoms with Gasteiger partial charge in [-0.05, 0) is 111 Å². The van der Waals surface area contributed by atoms with E-state index in [-0.39, 0.29) is 53.0 Å². The van der Waals surface area contributed by atoms with Crippen LogP contribution in [0.1, 0.15) is 50.5 Å². The van der Waals surface area contributed by atoms with Crippen LogP contribution in [-0.2, 0) is 19.6 Å². The monoisotopic (exact) mass is 539 g/mol. The topological polar surface area (TPSA) is 110 Å². The molecule has 38 heavy (non-hydrogen) atoms. The Labute approximate surface area is 223 Å². The van der Waals surface area contributed by atoms with Gasteiger partial charge in [0.2, 0.25) is 21.8 Å². The molecule has 0 saturated heterocycles. The minimum absolute atomic E-state index is 0.0347. The van der Waals surface area contributed by atoms with Gasteiger partial charge in [-0.25, -0.2) is 12.8 Å². The maximum Gasteiger partial charge on any atom is 0.243 e. The van der Waals surface area contributed by atoms with Gasteiger partial charge in [-0.3, -0.25) is 9.59 Å². The lowest BCUT2D eigenvalue weighted by Crippen LogP contribution is -2.62. The summed E-state index contributed by atoms with van der Waals surface area (Å²) in [6.45, 7) is 1.61. The van der Waals surface area contributed by atoms with Crippen LogP contribution in [0, 0.1) is 35.9 Å². The SMILES string of the molecule is Cc1cc(S(=O)(=O)N(CC(=O)NC2C3CC4CC2CC(C(N)=O)(C4)C3)C2CC2)ccc1-c1ccc(F)cc1. The van der Waals surface area contributed by atoms with Crippen LogP contribution in [0.15, 0.2) is 47.4 Å². The van der Waals surface area contributed by atoms with Crippen molar-refractivity contribution >= 4 is 21.8 Å². The van der Waals surface area contributed by atoms with Crippen molar-refractivity contribution in [3.05, 3.63) is 53.8 Å². The molecule has 9 heteroatoms. The van der Waals surface area contributed by atoms with Crippen LogP contribution in [0.2, 0.25) is 0 Å². The molecule has 2 unspecified atom stereocenters. The van der Waals surface area contributed by atoms with E-state index in [1.165, 1.54) is 16.4 Å². The molecule has 0 aromatic heterocycles. The standard InChI is InChI=1S/C29H34FN3O4S/c1-17-10-24(8-9-25(17)19-2-4-22(30)5-3-19)38(36,37)33(23-6-7-23)16-26(34)32-27-20-11-18-12-21(27)15-29(13-18,14-20)28(31)35/h2-5,8-10,18,20-21,23,27H,6-7,11-16H2,1H3,(H2,31,35)(H,32,34). The van der Waals surface area contributed by atoms with Crippen molar-refractivity contribution in [3.8, 4) is 11.1 Å². The number of carbonyl (C=O) groups is 2. The van der Waals surface area contributed by atoms with E-state index in [0.717, 1.165) is 48.8 Å². The number of aryl methyl sites for hydroxylation is 1. The van der Waals surface area contributed by atoms with Gasteiger partial charge in [0.15, 0.2) is 0 Å². The number of rotatable bonds is 8. The predicted molar refractivity (Wildman–Crippen MR) is 141 cm³/mol. The maximum absolute atomic E-state index is 13.7. The van der Waals surface area contributed by atoms with Crippen LogP contribution in [0.5, 0.6) is 0 Å². The summed E-state index contributed by atoms with van der Waals surface area (Å²) in [5.41, 5.74) is 7.75. The quantitative estimate of drug-likeness (QED) is 0.532. The number of nitrogens with one attached hydrogen (secondary N) is 1. The highest BCUT2D eigenvalue weighted by Crippen LogP contribution is 2.59. The molecule has 5 aliphatic rings. The molecule has 2 amide bonds. The molecular weight excluding hydrogens is 505 g/mol. The summed E-state index contributed by atoms with van der Waals surface area (Å²) >= 11 is 0. The molecule has 5 saturated carbocycles. The molecule has 3 N–H and O–H groups in total. The summed E-state index contributed by atoms with van der Waals surface area (Å²) in [6.07, 6.45) is 5.73. The number of hydrogen-bond acceptors (Lipinski definition) is 4. The molecule has 7 rings (SSSR count). The number of primary amides is 1. The molecule has 0 radical (unpaired) electrons. The van der Waals surface area contributed by atoms with E-state index in [1.54, 1.807) is 30.3 Å². The Kier molecular flexibility index (Phi) is 6.14. The molecular formula is C29H34FN3O4S. The Morgan fingerprint density at radius 3 is 2.29 bits per heavy atom. The molecule has 0 heterocycles. The molecule has 5 aliphatic carbocycles. The Hall–Kier alpha value is -2.78. The van der Waals surface area contributed by atoms with Gasteiger partial charge in [-0.1, -0.05) is 18.2 Å². The van der Waals surface area contributed by atoms with E-state index in [0.29, 0.717) is 18.8 Å². The van der Waals surface area contributed by atoms with Gasteiger partial charge in [0.05, 0.1) is 11.4 Å². The zero-order valence-electron chi connectivity index (χ0n) is 21.5. The molecule has 0 aliphatic heterocycles. The number of benzene rings is 2. The summed E-state index contributed by atoms with van der Waals surface area (Å²) in [4.78, 5) is 25.7. The van der Waals surface area contributed by atoms with E-state index in [2.05, 4.69) is 5.32 Å². The Morgan fingerprint density at radius 1 is 1.05 bits per heavy atom. The predicted octanol–water partition coefficient (Wildman–Crippen LogP) is 3.75. The van der Waals surface area contributed by atoms with Gasteiger partial charge in [-0.15, -0.1) is 0 Å². The van der Waals surface area contributed by atoms with Crippen molar-refractivity contribution in [1.82, 2.24) is 9.62 Å². The van der Waals surface area contributed by atoms with E-state index in [1.807, 2.05) is 6.92 Å². The first-order valence-electron chi connectivity index (χ1n) is 13.5.